The van der Waals surface area contributed by atoms with Gasteiger partial charge in [0.1, 0.15) is 11.9 Å². The SMILES string of the molecule is NC1=N[C@@](c2cc(NC3CCc4cc(Br)cnc43)ccc2F)(C(F)F)[C@H]2C[C@H]2O1. The first kappa shape index (κ1) is 18.7. The molecule has 0 radical (unpaired) electrons. The van der Waals surface area contributed by atoms with E-state index in [9.17, 15) is 13.2 Å². The van der Waals surface area contributed by atoms with Gasteiger partial charge < -0.3 is 15.8 Å². The topological polar surface area (TPSA) is 72.5 Å². The quantitative estimate of drug-likeness (QED) is 0.705. The second kappa shape index (κ2) is 6.62. The maximum absolute atomic E-state index is 14.7. The first-order chi connectivity index (χ1) is 13.9. The third-order valence-corrected chi connectivity index (χ3v) is 6.37. The van der Waals surface area contributed by atoms with Crippen LogP contribution in [0.3, 0.4) is 0 Å². The highest BCUT2D eigenvalue weighted by atomic mass is 79.9. The molecule has 1 saturated carbocycles. The molecular formula is C20H18BrF3N4O. The number of rotatable bonds is 4. The number of hydrogen-bond donors (Lipinski definition) is 2. The third kappa shape index (κ3) is 2.97. The lowest BCUT2D eigenvalue weighted by Crippen LogP contribution is -2.43. The van der Waals surface area contributed by atoms with Crippen molar-refractivity contribution in [1.29, 1.82) is 0 Å². The number of nitrogens with one attached hydrogen (secondary N) is 1. The minimum Gasteiger partial charge on any atom is -0.462 e. The highest BCUT2D eigenvalue weighted by Gasteiger charge is 2.64. The molecule has 29 heavy (non-hydrogen) atoms. The fourth-order valence-corrected chi connectivity index (χ4v) is 4.88. The smallest absolute Gasteiger partial charge is 0.283 e. The van der Waals surface area contributed by atoms with Gasteiger partial charge >= 0.3 is 0 Å². The Morgan fingerprint density at radius 1 is 1.31 bits per heavy atom. The number of hydrogen-bond acceptors (Lipinski definition) is 5. The Hall–Kier alpha value is -2.29. The molecule has 1 aliphatic heterocycles. The number of alkyl halides is 2. The van der Waals surface area contributed by atoms with Crippen LogP contribution in [-0.2, 0) is 16.7 Å². The maximum Gasteiger partial charge on any atom is 0.283 e. The number of nitrogens with two attached hydrogens (primary N) is 1. The summed E-state index contributed by atoms with van der Waals surface area (Å²) in [6, 6.07) is 5.81. The average molecular weight is 467 g/mol. The Balaban J connectivity index is 1.51. The molecule has 4 atom stereocenters. The summed E-state index contributed by atoms with van der Waals surface area (Å²) < 4.78 is 49.4. The standard InChI is InChI=1S/C20H18BrF3N4O/c21-10-5-9-1-4-15(17(9)26-8-10)27-11-2-3-14(22)12(6-11)20(18(23)24)13-7-16(13)29-19(25)28-20/h2-3,5-6,8,13,15-16,18,27H,1,4,7H2,(H2,25,28)/t13-,15?,16+,20+/m0/s1. The molecule has 1 unspecified atom stereocenters. The molecule has 1 fully saturated rings. The van der Waals surface area contributed by atoms with Crippen LogP contribution >= 0.6 is 15.9 Å². The van der Waals surface area contributed by atoms with Gasteiger partial charge in [0, 0.05) is 27.8 Å². The minimum atomic E-state index is -2.91. The molecule has 0 spiro atoms. The predicted octanol–water partition coefficient (Wildman–Crippen LogP) is 4.28. The van der Waals surface area contributed by atoms with Gasteiger partial charge in [0.25, 0.3) is 12.4 Å². The molecule has 2 aliphatic carbocycles. The van der Waals surface area contributed by atoms with Crippen LogP contribution < -0.4 is 11.1 Å². The van der Waals surface area contributed by atoms with Crippen molar-refractivity contribution < 1.29 is 17.9 Å². The van der Waals surface area contributed by atoms with Gasteiger partial charge in [-0.1, -0.05) is 0 Å². The molecule has 1 aromatic carbocycles. The Kier molecular flexibility index (Phi) is 4.27. The monoisotopic (exact) mass is 466 g/mol. The number of amidine groups is 1. The van der Waals surface area contributed by atoms with Gasteiger partial charge in [-0.05, 0) is 65.0 Å². The molecule has 0 saturated heterocycles. The largest absolute Gasteiger partial charge is 0.462 e. The summed E-state index contributed by atoms with van der Waals surface area (Å²) in [6.45, 7) is 0. The molecule has 2 heterocycles. The molecule has 0 bridgehead atoms. The predicted molar refractivity (Wildman–Crippen MR) is 105 cm³/mol. The number of fused-ring (bicyclic) bond motifs is 2. The van der Waals surface area contributed by atoms with E-state index in [0.29, 0.717) is 12.1 Å². The fourth-order valence-electron chi connectivity index (χ4n) is 4.51. The van der Waals surface area contributed by atoms with Gasteiger partial charge in [-0.15, -0.1) is 0 Å². The van der Waals surface area contributed by atoms with Crippen molar-refractivity contribution in [2.75, 3.05) is 5.32 Å². The second-order valence-electron chi connectivity index (χ2n) is 7.70. The molecule has 1 aromatic heterocycles. The third-order valence-electron chi connectivity index (χ3n) is 5.94. The normalized spacial score (nSPS) is 29.7. The Labute approximate surface area is 173 Å². The van der Waals surface area contributed by atoms with Gasteiger partial charge in [0.2, 0.25) is 0 Å². The molecule has 9 heteroatoms. The first-order valence-corrected chi connectivity index (χ1v) is 10.2. The highest BCUT2D eigenvalue weighted by molar-refractivity contribution is 9.10. The van der Waals surface area contributed by atoms with Crippen LogP contribution in [0.25, 0.3) is 0 Å². The number of nitrogens with zero attached hydrogens (tertiary/aromatic N) is 2. The molecule has 3 N–H and O–H groups in total. The van der Waals surface area contributed by atoms with Crippen LogP contribution in [-0.4, -0.2) is 23.5 Å². The van der Waals surface area contributed by atoms with Gasteiger partial charge in [0.05, 0.1) is 11.7 Å². The van der Waals surface area contributed by atoms with E-state index in [-0.39, 0.29) is 17.6 Å². The maximum atomic E-state index is 14.7. The van der Waals surface area contributed by atoms with Crippen molar-refractivity contribution >= 4 is 27.6 Å². The number of ether oxygens (including phenoxy) is 1. The Morgan fingerprint density at radius 3 is 2.93 bits per heavy atom. The fraction of sp³-hybridized carbons (Fsp3) is 0.400. The lowest BCUT2D eigenvalue weighted by atomic mass is 9.84. The Bertz CT molecular complexity index is 1020. The van der Waals surface area contributed by atoms with Crippen molar-refractivity contribution in [3.8, 4) is 0 Å². The number of benzene rings is 1. The van der Waals surface area contributed by atoms with Crippen molar-refractivity contribution in [2.45, 2.75) is 43.4 Å². The van der Waals surface area contributed by atoms with Gasteiger partial charge in [-0.2, -0.15) is 0 Å². The summed E-state index contributed by atoms with van der Waals surface area (Å²) in [5.41, 5.74) is 6.04. The van der Waals surface area contributed by atoms with Crippen molar-refractivity contribution in [2.24, 2.45) is 16.6 Å². The highest BCUT2D eigenvalue weighted by Crippen LogP contribution is 2.56. The van der Waals surface area contributed by atoms with Gasteiger partial charge in [0.15, 0.2) is 5.54 Å². The van der Waals surface area contributed by atoms with Crippen molar-refractivity contribution in [1.82, 2.24) is 4.98 Å². The number of halogens is 4. The zero-order valence-electron chi connectivity index (χ0n) is 15.2. The van der Waals surface area contributed by atoms with Gasteiger partial charge in [-0.25, -0.2) is 18.2 Å². The number of anilines is 1. The molecule has 3 aliphatic rings. The van der Waals surface area contributed by atoms with Crippen molar-refractivity contribution in [3.05, 3.63) is 57.6 Å². The van der Waals surface area contributed by atoms with Crippen LogP contribution in [0.2, 0.25) is 0 Å². The zero-order valence-corrected chi connectivity index (χ0v) is 16.8. The van der Waals surface area contributed by atoms with Gasteiger partial charge in [-0.3, -0.25) is 4.98 Å². The van der Waals surface area contributed by atoms with Crippen LogP contribution in [0.4, 0.5) is 18.9 Å². The van der Waals surface area contributed by atoms with Crippen molar-refractivity contribution in [3.63, 3.8) is 0 Å². The lowest BCUT2D eigenvalue weighted by Gasteiger charge is -2.33. The van der Waals surface area contributed by atoms with E-state index in [1.165, 1.54) is 12.1 Å². The summed E-state index contributed by atoms with van der Waals surface area (Å²) in [7, 11) is 0. The number of aliphatic imine (C=N–C) groups is 1. The van der Waals surface area contributed by atoms with Crippen LogP contribution in [0.1, 0.15) is 35.7 Å². The van der Waals surface area contributed by atoms with E-state index in [1.54, 1.807) is 12.3 Å². The van der Waals surface area contributed by atoms with E-state index < -0.39 is 29.8 Å². The zero-order chi connectivity index (χ0) is 20.3. The molecule has 152 valence electrons. The first-order valence-electron chi connectivity index (χ1n) is 9.39. The van der Waals surface area contributed by atoms with E-state index in [0.717, 1.165) is 28.6 Å². The Morgan fingerprint density at radius 2 is 2.14 bits per heavy atom. The molecule has 5 nitrogen and oxygen atoms in total. The van der Waals surface area contributed by atoms with Crippen LogP contribution in [0.15, 0.2) is 39.9 Å². The molecular weight excluding hydrogens is 449 g/mol. The summed E-state index contributed by atoms with van der Waals surface area (Å²) >= 11 is 3.42. The van der Waals surface area contributed by atoms with E-state index in [2.05, 4.69) is 31.2 Å². The summed E-state index contributed by atoms with van der Waals surface area (Å²) in [5, 5.41) is 3.32. The van der Waals surface area contributed by atoms with E-state index in [4.69, 9.17) is 10.5 Å². The summed E-state index contributed by atoms with van der Waals surface area (Å²) in [5.74, 6) is -1.32. The average Bonchev–Trinajstić information content (AvgIpc) is 3.35. The van der Waals surface area contributed by atoms with Crippen LogP contribution in [0.5, 0.6) is 0 Å². The van der Waals surface area contributed by atoms with Crippen LogP contribution in [0, 0.1) is 11.7 Å². The van der Waals surface area contributed by atoms with E-state index in [1.807, 2.05) is 6.07 Å². The molecule has 5 rings (SSSR count). The molecule has 0 amide bonds. The summed E-state index contributed by atoms with van der Waals surface area (Å²) in [6.07, 6.45) is 0.428. The number of aromatic nitrogens is 1. The lowest BCUT2D eigenvalue weighted by molar-refractivity contribution is 0.0177. The number of pyridine rings is 1. The molecule has 2 aromatic rings. The number of aryl methyl sites for hydroxylation is 1. The summed E-state index contributed by atoms with van der Waals surface area (Å²) in [4.78, 5) is 8.40. The second-order valence-corrected chi connectivity index (χ2v) is 8.62. The van der Waals surface area contributed by atoms with E-state index >= 15 is 0 Å². The minimum absolute atomic E-state index is 0.0733.